The van der Waals surface area contributed by atoms with Gasteiger partial charge in [0.05, 0.1) is 37.5 Å². The Morgan fingerprint density at radius 2 is 1.27 bits per heavy atom. The molecule has 2 rings (SSSR count). The molecule has 2 aromatic carbocycles. The van der Waals surface area contributed by atoms with Crippen molar-refractivity contribution in [2.45, 2.75) is 6.61 Å². The SMILES string of the molecule is COCc1ccc(C(=O)Oc2cc(C(=O)OC)cc(C(=O)OC)c2)cc1. The smallest absolute Gasteiger partial charge is 0.343 e. The van der Waals surface area contributed by atoms with Crippen molar-refractivity contribution >= 4 is 17.9 Å². The Balaban J connectivity index is 2.27. The lowest BCUT2D eigenvalue weighted by Gasteiger charge is -2.09. The third-order valence-electron chi connectivity index (χ3n) is 3.46. The summed E-state index contributed by atoms with van der Waals surface area (Å²) in [7, 11) is 4.00. The van der Waals surface area contributed by atoms with Gasteiger partial charge in [0, 0.05) is 7.11 Å². The molecule has 0 fully saturated rings. The fourth-order valence-electron chi connectivity index (χ4n) is 2.20. The highest BCUT2D eigenvalue weighted by Gasteiger charge is 2.17. The zero-order valence-electron chi connectivity index (χ0n) is 14.6. The first-order valence-corrected chi connectivity index (χ1v) is 7.60. The molecule has 26 heavy (non-hydrogen) atoms. The van der Waals surface area contributed by atoms with E-state index in [1.54, 1.807) is 31.4 Å². The van der Waals surface area contributed by atoms with Crippen LogP contribution in [0.15, 0.2) is 42.5 Å². The molecule has 0 heterocycles. The van der Waals surface area contributed by atoms with Crippen LogP contribution in [0.2, 0.25) is 0 Å². The van der Waals surface area contributed by atoms with Gasteiger partial charge < -0.3 is 18.9 Å². The minimum absolute atomic E-state index is 0.0271. The summed E-state index contributed by atoms with van der Waals surface area (Å²) < 4.78 is 19.6. The Morgan fingerprint density at radius 3 is 1.73 bits per heavy atom. The van der Waals surface area contributed by atoms with Gasteiger partial charge in [-0.15, -0.1) is 0 Å². The Bertz CT molecular complexity index is 775. The van der Waals surface area contributed by atoms with Crippen molar-refractivity contribution in [1.29, 1.82) is 0 Å². The predicted molar refractivity (Wildman–Crippen MR) is 91.2 cm³/mol. The zero-order valence-corrected chi connectivity index (χ0v) is 14.6. The molecule has 2 aromatic rings. The molecular formula is C19H18O7. The van der Waals surface area contributed by atoms with Gasteiger partial charge in [0.15, 0.2) is 0 Å². The van der Waals surface area contributed by atoms with Crippen LogP contribution in [0, 0.1) is 0 Å². The molecule has 0 amide bonds. The molecule has 0 atom stereocenters. The summed E-state index contributed by atoms with van der Waals surface area (Å²) in [5, 5.41) is 0. The lowest BCUT2D eigenvalue weighted by Crippen LogP contribution is -2.11. The Kier molecular flexibility index (Phi) is 6.46. The Labute approximate surface area is 150 Å². The molecule has 0 saturated heterocycles. The average molecular weight is 358 g/mol. The van der Waals surface area contributed by atoms with E-state index < -0.39 is 17.9 Å². The lowest BCUT2D eigenvalue weighted by atomic mass is 10.1. The minimum atomic E-state index is -0.669. The fraction of sp³-hybridized carbons (Fsp3) is 0.211. The number of benzene rings is 2. The van der Waals surface area contributed by atoms with E-state index in [1.165, 1.54) is 32.4 Å². The number of ether oxygens (including phenoxy) is 4. The Hall–Kier alpha value is -3.19. The number of carbonyl (C=O) groups is 3. The van der Waals surface area contributed by atoms with Crippen LogP contribution in [0.25, 0.3) is 0 Å². The second kappa shape index (κ2) is 8.77. The third-order valence-corrected chi connectivity index (χ3v) is 3.46. The van der Waals surface area contributed by atoms with Crippen molar-refractivity contribution in [3.63, 3.8) is 0 Å². The standard InChI is InChI=1S/C19H18O7/c1-23-11-12-4-6-13(7-5-12)19(22)26-16-9-14(17(20)24-2)8-15(10-16)18(21)25-3/h4-10H,11H2,1-3H3. The van der Waals surface area contributed by atoms with Gasteiger partial charge in [0.25, 0.3) is 0 Å². The summed E-state index contributed by atoms with van der Waals surface area (Å²) in [6.07, 6.45) is 0. The number of rotatable bonds is 6. The van der Waals surface area contributed by atoms with Crippen molar-refractivity contribution in [1.82, 2.24) is 0 Å². The fourth-order valence-corrected chi connectivity index (χ4v) is 2.20. The molecule has 0 unspecified atom stereocenters. The first-order valence-electron chi connectivity index (χ1n) is 7.60. The number of hydrogen-bond acceptors (Lipinski definition) is 7. The van der Waals surface area contributed by atoms with Gasteiger partial charge in [-0.1, -0.05) is 12.1 Å². The summed E-state index contributed by atoms with van der Waals surface area (Å²) in [6.45, 7) is 0.430. The number of hydrogen-bond donors (Lipinski definition) is 0. The van der Waals surface area contributed by atoms with Crippen molar-refractivity contribution in [2.75, 3.05) is 21.3 Å². The monoisotopic (exact) mass is 358 g/mol. The molecule has 136 valence electrons. The van der Waals surface area contributed by atoms with Gasteiger partial charge >= 0.3 is 17.9 Å². The van der Waals surface area contributed by atoms with Gasteiger partial charge in [-0.05, 0) is 35.9 Å². The van der Waals surface area contributed by atoms with Crippen molar-refractivity contribution in [3.8, 4) is 5.75 Å². The summed E-state index contributed by atoms with van der Waals surface area (Å²) in [5.74, 6) is -1.94. The molecular weight excluding hydrogens is 340 g/mol. The second-order valence-corrected chi connectivity index (χ2v) is 5.25. The molecule has 0 bridgehead atoms. The predicted octanol–water partition coefficient (Wildman–Crippen LogP) is 2.63. The highest BCUT2D eigenvalue weighted by Crippen LogP contribution is 2.20. The van der Waals surface area contributed by atoms with Crippen LogP contribution in [0.5, 0.6) is 5.75 Å². The quantitative estimate of drug-likeness (QED) is 0.579. The van der Waals surface area contributed by atoms with Gasteiger partial charge in [0.1, 0.15) is 5.75 Å². The van der Waals surface area contributed by atoms with E-state index in [9.17, 15) is 14.4 Å². The molecule has 7 nitrogen and oxygen atoms in total. The Morgan fingerprint density at radius 1 is 0.731 bits per heavy atom. The van der Waals surface area contributed by atoms with Crippen LogP contribution in [0.3, 0.4) is 0 Å². The van der Waals surface area contributed by atoms with E-state index >= 15 is 0 Å². The van der Waals surface area contributed by atoms with Gasteiger partial charge in [0.2, 0.25) is 0 Å². The molecule has 0 saturated carbocycles. The second-order valence-electron chi connectivity index (χ2n) is 5.25. The highest BCUT2D eigenvalue weighted by atomic mass is 16.5. The summed E-state index contributed by atoms with van der Waals surface area (Å²) in [5.41, 5.74) is 1.35. The first-order chi connectivity index (χ1) is 12.5. The molecule has 0 aromatic heterocycles. The van der Waals surface area contributed by atoms with Gasteiger partial charge in [-0.2, -0.15) is 0 Å². The van der Waals surface area contributed by atoms with Crippen LogP contribution in [0.1, 0.15) is 36.6 Å². The molecule has 0 aliphatic heterocycles. The zero-order chi connectivity index (χ0) is 19.1. The van der Waals surface area contributed by atoms with Crippen molar-refractivity contribution < 1.29 is 33.3 Å². The number of esters is 3. The van der Waals surface area contributed by atoms with E-state index in [1.807, 2.05) is 0 Å². The van der Waals surface area contributed by atoms with Gasteiger partial charge in [-0.3, -0.25) is 0 Å². The lowest BCUT2D eigenvalue weighted by molar-refractivity contribution is 0.0593. The maximum absolute atomic E-state index is 12.3. The normalized spacial score (nSPS) is 10.1. The number of carbonyl (C=O) groups excluding carboxylic acids is 3. The minimum Gasteiger partial charge on any atom is -0.465 e. The third kappa shape index (κ3) is 4.67. The van der Waals surface area contributed by atoms with Crippen LogP contribution in [-0.2, 0) is 20.8 Å². The topological polar surface area (TPSA) is 88.1 Å². The molecule has 0 aliphatic carbocycles. The van der Waals surface area contributed by atoms with Crippen molar-refractivity contribution in [3.05, 3.63) is 64.7 Å². The van der Waals surface area contributed by atoms with Crippen LogP contribution >= 0.6 is 0 Å². The first kappa shape index (κ1) is 19.1. The molecule has 7 heteroatoms. The maximum atomic E-state index is 12.3. The molecule has 0 radical (unpaired) electrons. The summed E-state index contributed by atoms with van der Waals surface area (Å²) in [6, 6.07) is 10.6. The molecule has 0 spiro atoms. The van der Waals surface area contributed by atoms with E-state index in [0.717, 1.165) is 5.56 Å². The summed E-state index contributed by atoms with van der Waals surface area (Å²) >= 11 is 0. The van der Waals surface area contributed by atoms with E-state index in [4.69, 9.17) is 9.47 Å². The highest BCUT2D eigenvalue weighted by molar-refractivity contribution is 5.97. The van der Waals surface area contributed by atoms with E-state index in [2.05, 4.69) is 9.47 Å². The number of methoxy groups -OCH3 is 3. The van der Waals surface area contributed by atoms with E-state index in [0.29, 0.717) is 12.2 Å². The van der Waals surface area contributed by atoms with Gasteiger partial charge in [-0.25, -0.2) is 14.4 Å². The maximum Gasteiger partial charge on any atom is 0.343 e. The van der Waals surface area contributed by atoms with Crippen LogP contribution < -0.4 is 4.74 Å². The van der Waals surface area contributed by atoms with Crippen LogP contribution in [0.4, 0.5) is 0 Å². The van der Waals surface area contributed by atoms with E-state index in [-0.39, 0.29) is 16.9 Å². The molecule has 0 aliphatic rings. The largest absolute Gasteiger partial charge is 0.465 e. The van der Waals surface area contributed by atoms with Crippen LogP contribution in [-0.4, -0.2) is 39.2 Å². The average Bonchev–Trinajstić information content (AvgIpc) is 2.67. The summed E-state index contributed by atoms with van der Waals surface area (Å²) in [4.78, 5) is 35.8. The molecule has 0 N–H and O–H groups in total. The van der Waals surface area contributed by atoms with Crippen molar-refractivity contribution in [2.24, 2.45) is 0 Å².